The van der Waals surface area contributed by atoms with Crippen molar-refractivity contribution in [3.8, 4) is 17.3 Å². The third-order valence-electron chi connectivity index (χ3n) is 2.63. The Bertz CT molecular complexity index is 756. The first-order valence-corrected chi connectivity index (χ1v) is 5.36. The summed E-state index contributed by atoms with van der Waals surface area (Å²) in [5.74, 6) is 0.0755. The van der Waals surface area contributed by atoms with Gasteiger partial charge in [-0.15, -0.1) is 10.2 Å². The van der Waals surface area contributed by atoms with Gasteiger partial charge in [0.1, 0.15) is 5.82 Å². The number of halogens is 1. The lowest BCUT2D eigenvalue weighted by Crippen LogP contribution is -2.02. The summed E-state index contributed by atoms with van der Waals surface area (Å²) in [5, 5.41) is 7.82. The second kappa shape index (κ2) is 4.16. The second-order valence-corrected chi connectivity index (χ2v) is 3.73. The molecule has 0 spiro atoms. The molecule has 8 heteroatoms. The van der Waals surface area contributed by atoms with Crippen LogP contribution in [0.3, 0.4) is 0 Å². The predicted octanol–water partition coefficient (Wildman–Crippen LogP) is 0.916. The summed E-state index contributed by atoms with van der Waals surface area (Å²) in [7, 11) is 1.41. The van der Waals surface area contributed by atoms with E-state index in [0.717, 1.165) is 0 Å². The van der Waals surface area contributed by atoms with Gasteiger partial charge in [0.05, 0.1) is 12.7 Å². The molecule has 0 aliphatic carbocycles. The Morgan fingerprint density at radius 3 is 2.89 bits per heavy atom. The minimum Gasteiger partial charge on any atom is -0.481 e. The van der Waals surface area contributed by atoms with Crippen LogP contribution in [0.15, 0.2) is 24.5 Å². The van der Waals surface area contributed by atoms with Gasteiger partial charge in [0, 0.05) is 24.5 Å². The van der Waals surface area contributed by atoms with E-state index in [4.69, 9.17) is 10.5 Å². The van der Waals surface area contributed by atoms with Gasteiger partial charge in [0.15, 0.2) is 11.5 Å². The van der Waals surface area contributed by atoms with Crippen molar-refractivity contribution in [1.29, 1.82) is 0 Å². The van der Waals surface area contributed by atoms with E-state index in [-0.39, 0.29) is 23.2 Å². The van der Waals surface area contributed by atoms with Gasteiger partial charge in [0.2, 0.25) is 11.8 Å². The average molecular weight is 260 g/mol. The van der Waals surface area contributed by atoms with Crippen LogP contribution in [-0.4, -0.2) is 31.7 Å². The maximum atomic E-state index is 14.0. The fourth-order valence-corrected chi connectivity index (χ4v) is 1.73. The zero-order chi connectivity index (χ0) is 13.4. The van der Waals surface area contributed by atoms with Crippen LogP contribution in [0.5, 0.6) is 5.88 Å². The molecule has 96 valence electrons. The van der Waals surface area contributed by atoms with Gasteiger partial charge < -0.3 is 10.5 Å². The SMILES string of the molecule is COc1cc(F)c(-c2nnc3ccnc(N)n23)cn1. The topological polar surface area (TPSA) is 91.2 Å². The van der Waals surface area contributed by atoms with Crippen molar-refractivity contribution in [2.24, 2.45) is 0 Å². The van der Waals surface area contributed by atoms with Gasteiger partial charge in [-0.25, -0.2) is 18.8 Å². The highest BCUT2D eigenvalue weighted by Gasteiger charge is 2.15. The third-order valence-corrected chi connectivity index (χ3v) is 2.63. The zero-order valence-electron chi connectivity index (χ0n) is 9.91. The molecule has 0 radical (unpaired) electrons. The standard InChI is InChI=1S/C11H9FN6O/c1-19-9-4-7(12)6(5-15-9)10-17-16-8-2-3-14-11(13)18(8)10/h2-5H,1H3,(H2,13,14). The van der Waals surface area contributed by atoms with Gasteiger partial charge >= 0.3 is 0 Å². The van der Waals surface area contributed by atoms with Gasteiger partial charge in [-0.2, -0.15) is 0 Å². The minimum absolute atomic E-state index is 0.174. The van der Waals surface area contributed by atoms with E-state index in [9.17, 15) is 4.39 Å². The number of hydrogen-bond acceptors (Lipinski definition) is 6. The summed E-state index contributed by atoms with van der Waals surface area (Å²) in [6.07, 6.45) is 2.82. The number of ether oxygens (including phenoxy) is 1. The second-order valence-electron chi connectivity index (χ2n) is 3.73. The molecule has 0 unspecified atom stereocenters. The van der Waals surface area contributed by atoms with Gasteiger partial charge in [-0.05, 0) is 0 Å². The van der Waals surface area contributed by atoms with Crippen molar-refractivity contribution in [3.05, 3.63) is 30.3 Å². The molecule has 3 aromatic heterocycles. The molecule has 0 aliphatic heterocycles. The van der Waals surface area contributed by atoms with E-state index in [1.165, 1.54) is 30.0 Å². The number of hydrogen-bond donors (Lipinski definition) is 1. The Hall–Kier alpha value is -2.77. The van der Waals surface area contributed by atoms with Crippen LogP contribution in [0.2, 0.25) is 0 Å². The Morgan fingerprint density at radius 2 is 2.16 bits per heavy atom. The number of methoxy groups -OCH3 is 1. The number of fused-ring (bicyclic) bond motifs is 1. The molecule has 2 N–H and O–H groups in total. The van der Waals surface area contributed by atoms with E-state index < -0.39 is 5.82 Å². The van der Waals surface area contributed by atoms with Crippen LogP contribution in [0, 0.1) is 5.82 Å². The molecule has 0 amide bonds. The van der Waals surface area contributed by atoms with Crippen molar-refractivity contribution in [3.63, 3.8) is 0 Å². The molecule has 0 aliphatic rings. The zero-order valence-corrected chi connectivity index (χ0v) is 9.91. The molecular formula is C11H9FN6O. The predicted molar refractivity (Wildman–Crippen MR) is 64.9 cm³/mol. The van der Waals surface area contributed by atoms with E-state index >= 15 is 0 Å². The molecular weight excluding hydrogens is 251 g/mol. The van der Waals surface area contributed by atoms with E-state index in [1.807, 2.05) is 0 Å². The van der Waals surface area contributed by atoms with Crippen molar-refractivity contribution in [1.82, 2.24) is 24.6 Å². The molecule has 0 atom stereocenters. The van der Waals surface area contributed by atoms with Crippen molar-refractivity contribution in [2.45, 2.75) is 0 Å². The van der Waals surface area contributed by atoms with Crippen LogP contribution < -0.4 is 10.5 Å². The number of rotatable bonds is 2. The van der Waals surface area contributed by atoms with Crippen LogP contribution in [-0.2, 0) is 0 Å². The van der Waals surface area contributed by atoms with E-state index in [1.54, 1.807) is 6.07 Å². The van der Waals surface area contributed by atoms with Gasteiger partial charge in [-0.1, -0.05) is 0 Å². The van der Waals surface area contributed by atoms with Crippen molar-refractivity contribution in [2.75, 3.05) is 12.8 Å². The summed E-state index contributed by atoms with van der Waals surface area (Å²) >= 11 is 0. The Labute approximate surface area is 106 Å². The molecule has 0 fully saturated rings. The molecule has 7 nitrogen and oxygen atoms in total. The number of nitrogens with two attached hydrogens (primary N) is 1. The fourth-order valence-electron chi connectivity index (χ4n) is 1.73. The maximum absolute atomic E-state index is 14.0. The van der Waals surface area contributed by atoms with Crippen LogP contribution >= 0.6 is 0 Å². The first-order chi connectivity index (χ1) is 9.20. The van der Waals surface area contributed by atoms with Crippen LogP contribution in [0.4, 0.5) is 10.3 Å². The largest absolute Gasteiger partial charge is 0.481 e. The number of nitrogen functional groups attached to an aromatic ring is 1. The molecule has 3 heterocycles. The quantitative estimate of drug-likeness (QED) is 0.736. The van der Waals surface area contributed by atoms with Crippen molar-refractivity contribution >= 4 is 11.6 Å². The Kier molecular flexibility index (Phi) is 2.48. The number of aromatic nitrogens is 5. The normalized spacial score (nSPS) is 10.8. The molecule has 3 rings (SSSR count). The van der Waals surface area contributed by atoms with Gasteiger partial charge in [0.25, 0.3) is 0 Å². The maximum Gasteiger partial charge on any atom is 0.215 e. The lowest BCUT2D eigenvalue weighted by atomic mass is 10.2. The smallest absolute Gasteiger partial charge is 0.215 e. The number of anilines is 1. The highest BCUT2D eigenvalue weighted by atomic mass is 19.1. The monoisotopic (exact) mass is 260 g/mol. The highest BCUT2D eigenvalue weighted by molar-refractivity contribution is 5.61. The lowest BCUT2D eigenvalue weighted by Gasteiger charge is -2.04. The fraction of sp³-hybridized carbons (Fsp3) is 0.0909. The Morgan fingerprint density at radius 1 is 1.32 bits per heavy atom. The third kappa shape index (κ3) is 1.73. The number of pyridine rings is 1. The van der Waals surface area contributed by atoms with Crippen LogP contribution in [0.25, 0.3) is 17.0 Å². The summed E-state index contributed by atoms with van der Waals surface area (Å²) < 4.78 is 20.3. The average Bonchev–Trinajstić information content (AvgIpc) is 2.84. The highest BCUT2D eigenvalue weighted by Crippen LogP contribution is 2.24. The molecule has 0 bridgehead atoms. The summed E-state index contributed by atoms with van der Waals surface area (Å²) in [5.41, 5.74) is 6.41. The molecule has 19 heavy (non-hydrogen) atoms. The van der Waals surface area contributed by atoms with Gasteiger partial charge in [-0.3, -0.25) is 0 Å². The van der Waals surface area contributed by atoms with Crippen LogP contribution in [0.1, 0.15) is 0 Å². The lowest BCUT2D eigenvalue weighted by molar-refractivity contribution is 0.394. The molecule has 0 saturated carbocycles. The summed E-state index contributed by atoms with van der Waals surface area (Å²) in [6.45, 7) is 0. The van der Waals surface area contributed by atoms with E-state index in [0.29, 0.717) is 5.65 Å². The summed E-state index contributed by atoms with van der Waals surface area (Å²) in [6, 6.07) is 2.80. The minimum atomic E-state index is -0.524. The number of nitrogens with zero attached hydrogens (tertiary/aromatic N) is 5. The first kappa shape index (κ1) is 11.3. The van der Waals surface area contributed by atoms with Crippen molar-refractivity contribution < 1.29 is 9.13 Å². The molecule has 0 saturated heterocycles. The molecule has 0 aromatic carbocycles. The molecule has 3 aromatic rings. The van der Waals surface area contributed by atoms with E-state index in [2.05, 4.69) is 20.2 Å². The summed E-state index contributed by atoms with van der Waals surface area (Å²) in [4.78, 5) is 7.87. The Balaban J connectivity index is 2.25. The first-order valence-electron chi connectivity index (χ1n) is 5.36.